The van der Waals surface area contributed by atoms with Crippen molar-refractivity contribution in [3.8, 4) is 0 Å². The summed E-state index contributed by atoms with van der Waals surface area (Å²) in [5, 5.41) is 4.09. The van der Waals surface area contributed by atoms with E-state index in [1.807, 2.05) is 18.2 Å². The Bertz CT molecular complexity index is 743. The Morgan fingerprint density at radius 1 is 1.12 bits per heavy atom. The van der Waals surface area contributed by atoms with Crippen molar-refractivity contribution in [1.82, 2.24) is 9.88 Å². The van der Waals surface area contributed by atoms with Crippen LogP contribution in [-0.2, 0) is 4.79 Å². The summed E-state index contributed by atoms with van der Waals surface area (Å²) in [5.74, 6) is 0.449. The van der Waals surface area contributed by atoms with Gasteiger partial charge in [0.15, 0.2) is 0 Å². The first-order valence-electron chi connectivity index (χ1n) is 8.16. The lowest BCUT2D eigenvalue weighted by atomic mass is 10.1. The van der Waals surface area contributed by atoms with E-state index in [9.17, 15) is 4.79 Å². The highest BCUT2D eigenvalue weighted by Crippen LogP contribution is 2.25. The zero-order chi connectivity index (χ0) is 17.8. The first-order chi connectivity index (χ1) is 12.0. The molecule has 0 aliphatic carbocycles. The molecular formula is C18H20Cl2N4O. The first kappa shape index (κ1) is 18.0. The number of aryl methyl sites for hydroxylation is 1. The highest BCUT2D eigenvalue weighted by atomic mass is 35.5. The molecule has 25 heavy (non-hydrogen) atoms. The third-order valence-electron chi connectivity index (χ3n) is 4.25. The molecule has 2 aromatic rings. The van der Waals surface area contributed by atoms with Crippen LogP contribution in [0.1, 0.15) is 5.56 Å². The average molecular weight is 379 g/mol. The van der Waals surface area contributed by atoms with E-state index in [4.69, 9.17) is 23.2 Å². The van der Waals surface area contributed by atoms with E-state index in [1.54, 1.807) is 12.1 Å². The summed E-state index contributed by atoms with van der Waals surface area (Å²) in [6.45, 7) is 5.83. The second-order valence-corrected chi connectivity index (χ2v) is 6.98. The van der Waals surface area contributed by atoms with Gasteiger partial charge in [0.05, 0.1) is 11.6 Å². The number of anilines is 2. The molecule has 1 aliphatic heterocycles. The maximum absolute atomic E-state index is 12.2. The fourth-order valence-corrected chi connectivity index (χ4v) is 3.18. The van der Waals surface area contributed by atoms with Crippen molar-refractivity contribution >= 4 is 40.6 Å². The summed E-state index contributed by atoms with van der Waals surface area (Å²) >= 11 is 11.9. The van der Waals surface area contributed by atoms with Crippen LogP contribution < -0.4 is 10.2 Å². The summed E-state index contributed by atoms with van der Waals surface area (Å²) < 4.78 is 0. The van der Waals surface area contributed by atoms with Crippen molar-refractivity contribution in [2.45, 2.75) is 6.92 Å². The summed E-state index contributed by atoms with van der Waals surface area (Å²) in [6, 6.07) is 9.35. The number of carbonyl (C=O) groups is 1. The largest absolute Gasteiger partial charge is 0.369 e. The molecule has 0 atom stereocenters. The lowest BCUT2D eigenvalue weighted by Crippen LogP contribution is -2.48. The van der Waals surface area contributed by atoms with Crippen LogP contribution in [0.25, 0.3) is 0 Å². The molecule has 1 fully saturated rings. The molecule has 1 amide bonds. The lowest BCUT2D eigenvalue weighted by molar-refractivity contribution is -0.117. The number of piperazine rings is 1. The van der Waals surface area contributed by atoms with Gasteiger partial charge < -0.3 is 10.2 Å². The maximum Gasteiger partial charge on any atom is 0.239 e. The van der Waals surface area contributed by atoms with Crippen LogP contribution in [0.2, 0.25) is 10.0 Å². The minimum absolute atomic E-state index is 0.0674. The Morgan fingerprint density at radius 2 is 1.84 bits per heavy atom. The molecule has 1 aliphatic rings. The minimum Gasteiger partial charge on any atom is -0.369 e. The molecule has 1 saturated heterocycles. The second kappa shape index (κ2) is 8.04. The van der Waals surface area contributed by atoms with Crippen LogP contribution in [0.5, 0.6) is 0 Å². The van der Waals surface area contributed by atoms with E-state index < -0.39 is 0 Å². The fraction of sp³-hybridized carbons (Fsp3) is 0.333. The van der Waals surface area contributed by atoms with Gasteiger partial charge in [-0.05, 0) is 36.8 Å². The molecule has 1 N–H and O–H groups in total. The van der Waals surface area contributed by atoms with E-state index in [1.165, 1.54) is 17.4 Å². The molecule has 7 heteroatoms. The van der Waals surface area contributed by atoms with Crippen molar-refractivity contribution in [2.24, 2.45) is 0 Å². The monoisotopic (exact) mass is 378 g/mol. The predicted octanol–water partition coefficient (Wildman–Crippen LogP) is 3.46. The molecule has 1 aromatic carbocycles. The topological polar surface area (TPSA) is 48.5 Å². The van der Waals surface area contributed by atoms with E-state index >= 15 is 0 Å². The number of pyridine rings is 1. The second-order valence-electron chi connectivity index (χ2n) is 6.10. The third kappa shape index (κ3) is 4.84. The van der Waals surface area contributed by atoms with Crippen LogP contribution in [0.3, 0.4) is 0 Å². The van der Waals surface area contributed by atoms with Crippen molar-refractivity contribution in [3.63, 3.8) is 0 Å². The van der Waals surface area contributed by atoms with Gasteiger partial charge in [-0.1, -0.05) is 29.3 Å². The van der Waals surface area contributed by atoms with Gasteiger partial charge in [-0.2, -0.15) is 0 Å². The number of rotatable bonds is 4. The van der Waals surface area contributed by atoms with Crippen molar-refractivity contribution in [2.75, 3.05) is 42.9 Å². The SMILES string of the molecule is Cc1ccc(Cl)cc1N1CCN(CC(=O)Nc2ccc(Cl)cn2)CC1. The van der Waals surface area contributed by atoms with Gasteiger partial charge in [-0.3, -0.25) is 9.69 Å². The Hall–Kier alpha value is -1.82. The smallest absolute Gasteiger partial charge is 0.239 e. The van der Waals surface area contributed by atoms with Crippen molar-refractivity contribution in [1.29, 1.82) is 0 Å². The quantitative estimate of drug-likeness (QED) is 0.884. The summed E-state index contributed by atoms with van der Waals surface area (Å²) in [7, 11) is 0. The molecule has 2 heterocycles. The summed E-state index contributed by atoms with van der Waals surface area (Å²) in [5.41, 5.74) is 2.38. The normalized spacial score (nSPS) is 15.2. The van der Waals surface area contributed by atoms with Crippen LogP contribution in [0.4, 0.5) is 11.5 Å². The summed E-state index contributed by atoms with van der Waals surface area (Å²) in [4.78, 5) is 20.7. The van der Waals surface area contributed by atoms with Crippen LogP contribution in [-0.4, -0.2) is 48.5 Å². The van der Waals surface area contributed by atoms with E-state index in [0.717, 1.165) is 31.2 Å². The number of nitrogens with zero attached hydrogens (tertiary/aromatic N) is 3. The van der Waals surface area contributed by atoms with Gasteiger partial charge >= 0.3 is 0 Å². The van der Waals surface area contributed by atoms with Crippen LogP contribution in [0, 0.1) is 6.92 Å². The van der Waals surface area contributed by atoms with Gasteiger partial charge in [0.25, 0.3) is 0 Å². The molecule has 3 rings (SSSR count). The molecular weight excluding hydrogens is 359 g/mol. The lowest BCUT2D eigenvalue weighted by Gasteiger charge is -2.36. The predicted molar refractivity (Wildman–Crippen MR) is 103 cm³/mol. The number of amides is 1. The number of benzene rings is 1. The van der Waals surface area contributed by atoms with Crippen molar-refractivity contribution < 1.29 is 4.79 Å². The van der Waals surface area contributed by atoms with Crippen molar-refractivity contribution in [3.05, 3.63) is 52.1 Å². The molecule has 0 saturated carbocycles. The third-order valence-corrected chi connectivity index (χ3v) is 4.70. The van der Waals surface area contributed by atoms with E-state index in [0.29, 0.717) is 17.4 Å². The molecule has 0 bridgehead atoms. The number of carbonyl (C=O) groups excluding carboxylic acids is 1. The maximum atomic E-state index is 12.2. The molecule has 0 spiro atoms. The van der Waals surface area contributed by atoms with Gasteiger partial charge in [-0.15, -0.1) is 0 Å². The summed E-state index contributed by atoms with van der Waals surface area (Å²) in [6.07, 6.45) is 1.52. The highest BCUT2D eigenvalue weighted by molar-refractivity contribution is 6.31. The minimum atomic E-state index is -0.0674. The number of hydrogen-bond donors (Lipinski definition) is 1. The van der Waals surface area contributed by atoms with Crippen LogP contribution >= 0.6 is 23.2 Å². The Morgan fingerprint density at radius 3 is 2.52 bits per heavy atom. The Balaban J connectivity index is 1.51. The fourth-order valence-electron chi connectivity index (χ4n) is 2.91. The van der Waals surface area contributed by atoms with Gasteiger partial charge in [0.2, 0.25) is 5.91 Å². The zero-order valence-electron chi connectivity index (χ0n) is 14.0. The van der Waals surface area contributed by atoms with Gasteiger partial charge in [-0.25, -0.2) is 4.98 Å². The number of aromatic nitrogens is 1. The first-order valence-corrected chi connectivity index (χ1v) is 8.92. The van der Waals surface area contributed by atoms with Gasteiger partial charge in [0, 0.05) is 43.1 Å². The number of hydrogen-bond acceptors (Lipinski definition) is 4. The highest BCUT2D eigenvalue weighted by Gasteiger charge is 2.20. The molecule has 132 valence electrons. The molecule has 5 nitrogen and oxygen atoms in total. The molecule has 0 unspecified atom stereocenters. The van der Waals surface area contributed by atoms with E-state index in [-0.39, 0.29) is 5.91 Å². The molecule has 0 radical (unpaired) electrons. The number of nitrogens with one attached hydrogen (secondary N) is 1. The number of halogens is 2. The Labute approximate surface area is 157 Å². The van der Waals surface area contributed by atoms with E-state index in [2.05, 4.69) is 27.0 Å². The average Bonchev–Trinajstić information content (AvgIpc) is 2.60. The standard InChI is InChI=1S/C18H20Cl2N4O/c1-13-2-3-14(19)10-16(13)24-8-6-23(7-9-24)12-18(25)22-17-5-4-15(20)11-21-17/h2-5,10-11H,6-9,12H2,1H3,(H,21,22,25). The zero-order valence-corrected chi connectivity index (χ0v) is 15.5. The molecule has 1 aromatic heterocycles. The van der Waals surface area contributed by atoms with Crippen LogP contribution in [0.15, 0.2) is 36.5 Å². The Kier molecular flexibility index (Phi) is 5.78. The van der Waals surface area contributed by atoms with Gasteiger partial charge in [0.1, 0.15) is 5.82 Å².